The van der Waals surface area contributed by atoms with E-state index in [1.807, 2.05) is 13.8 Å². The second-order valence-corrected chi connectivity index (χ2v) is 6.17. The molecule has 0 aliphatic rings. The molecule has 0 radical (unpaired) electrons. The van der Waals surface area contributed by atoms with Crippen LogP contribution in [0, 0.1) is 0 Å². The number of carbonyl (C=O) groups excluding carboxylic acids is 1. The van der Waals surface area contributed by atoms with E-state index in [4.69, 9.17) is 5.11 Å². The summed E-state index contributed by atoms with van der Waals surface area (Å²) in [4.78, 5) is 30.7. The van der Waals surface area contributed by atoms with Gasteiger partial charge in [0.05, 0.1) is 11.6 Å². The number of thiazole rings is 2. The Morgan fingerprint density at radius 3 is 2.50 bits per heavy atom. The summed E-state index contributed by atoms with van der Waals surface area (Å²) in [6.07, 6.45) is 0. The number of hydrogen-bond acceptors (Lipinski definition) is 6. The molecule has 0 unspecified atom stereocenters. The first-order valence-corrected chi connectivity index (χ1v) is 7.64. The van der Waals surface area contributed by atoms with Gasteiger partial charge in [-0.1, -0.05) is 13.8 Å². The highest BCUT2D eigenvalue weighted by Crippen LogP contribution is 2.19. The molecule has 2 aromatic heterocycles. The number of nitrogens with one attached hydrogen (secondary N) is 1. The van der Waals surface area contributed by atoms with Crippen molar-refractivity contribution in [3.05, 3.63) is 32.2 Å². The van der Waals surface area contributed by atoms with E-state index in [1.54, 1.807) is 5.38 Å². The average molecular weight is 311 g/mol. The highest BCUT2D eigenvalue weighted by atomic mass is 32.1. The van der Waals surface area contributed by atoms with E-state index in [9.17, 15) is 9.59 Å². The number of carboxylic acid groups (broad SMARTS) is 1. The summed E-state index contributed by atoms with van der Waals surface area (Å²) >= 11 is 2.65. The zero-order valence-electron chi connectivity index (χ0n) is 10.9. The Bertz CT molecular complexity index is 633. The lowest BCUT2D eigenvalue weighted by Gasteiger charge is -2.00. The lowest BCUT2D eigenvalue weighted by molar-refractivity contribution is 0.0691. The van der Waals surface area contributed by atoms with E-state index in [0.29, 0.717) is 16.6 Å². The Morgan fingerprint density at radius 2 is 1.95 bits per heavy atom. The van der Waals surface area contributed by atoms with Crippen LogP contribution in [0.2, 0.25) is 0 Å². The number of rotatable bonds is 5. The van der Waals surface area contributed by atoms with Crippen LogP contribution in [0.5, 0.6) is 0 Å². The summed E-state index contributed by atoms with van der Waals surface area (Å²) < 4.78 is 0. The molecule has 0 fully saturated rings. The molecule has 2 rings (SSSR count). The summed E-state index contributed by atoms with van der Waals surface area (Å²) in [6, 6.07) is 0. The van der Waals surface area contributed by atoms with E-state index in [2.05, 4.69) is 15.3 Å². The highest BCUT2D eigenvalue weighted by molar-refractivity contribution is 7.10. The minimum absolute atomic E-state index is 0.00463. The van der Waals surface area contributed by atoms with Gasteiger partial charge >= 0.3 is 5.97 Å². The topological polar surface area (TPSA) is 92.2 Å². The molecule has 0 atom stereocenters. The van der Waals surface area contributed by atoms with Crippen molar-refractivity contribution in [2.45, 2.75) is 26.3 Å². The Balaban J connectivity index is 1.95. The van der Waals surface area contributed by atoms with Crippen molar-refractivity contribution in [2.75, 3.05) is 0 Å². The van der Waals surface area contributed by atoms with Crippen molar-refractivity contribution in [2.24, 2.45) is 0 Å². The Hall–Kier alpha value is -1.80. The van der Waals surface area contributed by atoms with Gasteiger partial charge < -0.3 is 10.4 Å². The van der Waals surface area contributed by atoms with Gasteiger partial charge in [0.15, 0.2) is 5.69 Å². The summed E-state index contributed by atoms with van der Waals surface area (Å²) in [7, 11) is 0. The third-order valence-corrected chi connectivity index (χ3v) is 4.41. The van der Waals surface area contributed by atoms with Crippen molar-refractivity contribution < 1.29 is 14.7 Å². The van der Waals surface area contributed by atoms with Crippen LogP contribution in [0.3, 0.4) is 0 Å². The molecule has 2 heterocycles. The van der Waals surface area contributed by atoms with Crippen LogP contribution in [0.4, 0.5) is 0 Å². The summed E-state index contributed by atoms with van der Waals surface area (Å²) in [5.74, 6) is -1.06. The molecular formula is C12H13N3O3S2. The first-order chi connectivity index (χ1) is 9.47. The van der Waals surface area contributed by atoms with E-state index in [1.165, 1.54) is 28.1 Å². The molecule has 0 aliphatic carbocycles. The minimum atomic E-state index is -1.07. The molecule has 0 spiro atoms. The van der Waals surface area contributed by atoms with Crippen molar-refractivity contribution in [1.29, 1.82) is 0 Å². The quantitative estimate of drug-likeness (QED) is 0.884. The molecule has 2 aromatic rings. The molecule has 0 saturated heterocycles. The normalized spacial score (nSPS) is 10.8. The maximum atomic E-state index is 11.9. The summed E-state index contributed by atoms with van der Waals surface area (Å²) in [6.45, 7) is 4.23. The van der Waals surface area contributed by atoms with Crippen molar-refractivity contribution >= 4 is 34.6 Å². The maximum Gasteiger partial charge on any atom is 0.355 e. The largest absolute Gasteiger partial charge is 0.476 e. The standard InChI is InChI=1S/C12H13N3O3S2/c1-6(2)11-15-7(4-20-11)10(16)13-3-9-14-8(5-19-9)12(17)18/h4-6H,3H2,1-2H3,(H,13,16)(H,17,18). The molecule has 8 heteroatoms. The fraction of sp³-hybridized carbons (Fsp3) is 0.333. The second kappa shape index (κ2) is 6.10. The van der Waals surface area contributed by atoms with Gasteiger partial charge in [0.1, 0.15) is 10.7 Å². The van der Waals surface area contributed by atoms with Gasteiger partial charge in [-0.05, 0) is 0 Å². The number of hydrogen-bond donors (Lipinski definition) is 2. The lowest BCUT2D eigenvalue weighted by atomic mass is 10.2. The minimum Gasteiger partial charge on any atom is -0.476 e. The van der Waals surface area contributed by atoms with Crippen LogP contribution in [-0.4, -0.2) is 27.0 Å². The SMILES string of the molecule is CC(C)c1nc(C(=O)NCc2nc(C(=O)O)cs2)cs1. The van der Waals surface area contributed by atoms with Crippen molar-refractivity contribution in [3.63, 3.8) is 0 Å². The number of aromatic nitrogens is 2. The second-order valence-electron chi connectivity index (χ2n) is 4.34. The predicted octanol–water partition coefficient (Wildman–Crippen LogP) is 2.35. The van der Waals surface area contributed by atoms with Gasteiger partial charge in [-0.2, -0.15) is 0 Å². The van der Waals surface area contributed by atoms with Crippen LogP contribution in [-0.2, 0) is 6.54 Å². The van der Waals surface area contributed by atoms with Gasteiger partial charge in [-0.3, -0.25) is 4.79 Å². The number of carboxylic acids is 1. The van der Waals surface area contributed by atoms with Crippen LogP contribution in [0.25, 0.3) is 0 Å². The fourth-order valence-electron chi connectivity index (χ4n) is 1.39. The number of amides is 1. The molecule has 1 amide bonds. The highest BCUT2D eigenvalue weighted by Gasteiger charge is 2.14. The third kappa shape index (κ3) is 3.40. The molecule has 0 saturated carbocycles. The molecule has 0 aromatic carbocycles. The monoisotopic (exact) mass is 311 g/mol. The van der Waals surface area contributed by atoms with Gasteiger partial charge in [-0.15, -0.1) is 22.7 Å². The van der Waals surface area contributed by atoms with Crippen molar-refractivity contribution in [1.82, 2.24) is 15.3 Å². The van der Waals surface area contributed by atoms with Gasteiger partial charge in [-0.25, -0.2) is 14.8 Å². The summed E-state index contributed by atoms with van der Waals surface area (Å²) in [5, 5.41) is 16.1. The zero-order chi connectivity index (χ0) is 14.7. The van der Waals surface area contributed by atoms with E-state index >= 15 is 0 Å². The number of aromatic carboxylic acids is 1. The first kappa shape index (κ1) is 14.6. The molecule has 0 aliphatic heterocycles. The van der Waals surface area contributed by atoms with Crippen molar-refractivity contribution in [3.8, 4) is 0 Å². The van der Waals surface area contributed by atoms with Gasteiger partial charge in [0.2, 0.25) is 0 Å². The molecule has 6 nitrogen and oxygen atoms in total. The average Bonchev–Trinajstić information content (AvgIpc) is 3.05. The molecule has 20 heavy (non-hydrogen) atoms. The fourth-order valence-corrected chi connectivity index (χ4v) is 2.92. The van der Waals surface area contributed by atoms with Crippen LogP contribution < -0.4 is 5.32 Å². The van der Waals surface area contributed by atoms with E-state index in [0.717, 1.165) is 5.01 Å². The van der Waals surface area contributed by atoms with Crippen LogP contribution in [0.1, 0.15) is 50.8 Å². The maximum absolute atomic E-state index is 11.9. The van der Waals surface area contributed by atoms with E-state index in [-0.39, 0.29) is 18.1 Å². The smallest absolute Gasteiger partial charge is 0.355 e. The molecule has 0 bridgehead atoms. The lowest BCUT2D eigenvalue weighted by Crippen LogP contribution is -2.23. The third-order valence-electron chi connectivity index (χ3n) is 2.42. The van der Waals surface area contributed by atoms with Crippen LogP contribution >= 0.6 is 22.7 Å². The Labute approximate surface area is 123 Å². The van der Waals surface area contributed by atoms with Crippen LogP contribution in [0.15, 0.2) is 10.8 Å². The van der Waals surface area contributed by atoms with E-state index < -0.39 is 5.97 Å². The zero-order valence-corrected chi connectivity index (χ0v) is 12.5. The van der Waals surface area contributed by atoms with Gasteiger partial charge in [0, 0.05) is 16.7 Å². The summed E-state index contributed by atoms with van der Waals surface area (Å²) in [5.41, 5.74) is 0.378. The first-order valence-electron chi connectivity index (χ1n) is 5.88. The molecular weight excluding hydrogens is 298 g/mol. The number of nitrogens with zero attached hydrogens (tertiary/aromatic N) is 2. The molecule has 106 valence electrons. The molecule has 2 N–H and O–H groups in total. The van der Waals surface area contributed by atoms with Gasteiger partial charge in [0.25, 0.3) is 5.91 Å². The Morgan fingerprint density at radius 1 is 1.25 bits per heavy atom. The predicted molar refractivity (Wildman–Crippen MR) is 76.4 cm³/mol. The Kier molecular flexibility index (Phi) is 4.46. The number of carbonyl (C=O) groups is 2.